The summed E-state index contributed by atoms with van der Waals surface area (Å²) in [5.41, 5.74) is 2.95. The normalized spacial score (nSPS) is 10.8. The van der Waals surface area contributed by atoms with Gasteiger partial charge in [0, 0.05) is 10.7 Å². The van der Waals surface area contributed by atoms with Gasteiger partial charge in [0.1, 0.15) is 5.75 Å². The minimum Gasteiger partial charge on any atom is -0.497 e. The van der Waals surface area contributed by atoms with Crippen LogP contribution >= 0.6 is 22.9 Å². The van der Waals surface area contributed by atoms with Gasteiger partial charge in [-0.25, -0.2) is 4.98 Å². The van der Waals surface area contributed by atoms with Crippen LogP contribution in [0.5, 0.6) is 5.75 Å². The van der Waals surface area contributed by atoms with Crippen molar-refractivity contribution in [1.82, 2.24) is 4.98 Å². The fourth-order valence-electron chi connectivity index (χ4n) is 1.88. The highest BCUT2D eigenvalue weighted by molar-refractivity contribution is 7.22. The second-order valence-electron chi connectivity index (χ2n) is 4.44. The number of halogens is 1. The van der Waals surface area contributed by atoms with E-state index in [4.69, 9.17) is 16.3 Å². The Bertz CT molecular complexity index is 770. The van der Waals surface area contributed by atoms with Gasteiger partial charge in [0.05, 0.1) is 17.3 Å². The van der Waals surface area contributed by atoms with Crippen LogP contribution in [0.3, 0.4) is 0 Å². The largest absolute Gasteiger partial charge is 0.497 e. The van der Waals surface area contributed by atoms with E-state index in [0.29, 0.717) is 0 Å². The number of fused-ring (bicyclic) bond motifs is 1. The topological polar surface area (TPSA) is 34.1 Å². The van der Waals surface area contributed by atoms with E-state index < -0.39 is 0 Å². The van der Waals surface area contributed by atoms with Crippen molar-refractivity contribution in [3.63, 3.8) is 0 Å². The number of nitrogens with zero attached hydrogens (tertiary/aromatic N) is 1. The van der Waals surface area contributed by atoms with Gasteiger partial charge < -0.3 is 10.1 Å². The maximum atomic E-state index is 6.12. The quantitative estimate of drug-likeness (QED) is 0.738. The van der Waals surface area contributed by atoms with Crippen LogP contribution in [0.4, 0.5) is 10.8 Å². The molecule has 0 spiro atoms. The first-order valence-corrected chi connectivity index (χ1v) is 7.33. The summed E-state index contributed by atoms with van der Waals surface area (Å²) in [5, 5.41) is 4.87. The fraction of sp³-hybridized carbons (Fsp3) is 0.133. The van der Waals surface area contributed by atoms with Crippen LogP contribution in [0, 0.1) is 6.92 Å². The van der Waals surface area contributed by atoms with Crippen LogP contribution in [-0.2, 0) is 0 Å². The highest BCUT2D eigenvalue weighted by Gasteiger charge is 2.06. The smallest absolute Gasteiger partial charge is 0.188 e. The number of ether oxygens (including phenoxy) is 1. The molecule has 0 amide bonds. The molecule has 0 unspecified atom stereocenters. The minimum atomic E-state index is 0.748. The number of rotatable bonds is 3. The Morgan fingerprint density at radius 3 is 2.80 bits per heavy atom. The van der Waals surface area contributed by atoms with Crippen molar-refractivity contribution in [2.24, 2.45) is 0 Å². The van der Waals surface area contributed by atoms with Crippen LogP contribution in [-0.4, -0.2) is 12.1 Å². The highest BCUT2D eigenvalue weighted by atomic mass is 35.5. The van der Waals surface area contributed by atoms with Crippen LogP contribution in [0.1, 0.15) is 5.56 Å². The lowest BCUT2D eigenvalue weighted by Gasteiger charge is -2.04. The molecule has 102 valence electrons. The Morgan fingerprint density at radius 2 is 2.05 bits per heavy atom. The molecule has 0 aliphatic heterocycles. The number of hydrogen-bond donors (Lipinski definition) is 1. The van der Waals surface area contributed by atoms with Gasteiger partial charge in [0.2, 0.25) is 0 Å². The molecule has 1 N–H and O–H groups in total. The van der Waals surface area contributed by atoms with Gasteiger partial charge in [-0.3, -0.25) is 0 Å². The van der Waals surface area contributed by atoms with Crippen molar-refractivity contribution < 1.29 is 4.74 Å². The Morgan fingerprint density at radius 1 is 1.20 bits per heavy atom. The summed E-state index contributed by atoms with van der Waals surface area (Å²) in [5.74, 6) is 0.839. The highest BCUT2D eigenvalue weighted by Crippen LogP contribution is 2.31. The SMILES string of the molecule is COc1ccc2nc(Nc3ccc(C)c(Cl)c3)sc2c1. The molecule has 0 fully saturated rings. The molecule has 0 aliphatic carbocycles. The molecule has 5 heteroatoms. The van der Waals surface area contributed by atoms with E-state index >= 15 is 0 Å². The molecule has 3 aromatic rings. The number of methoxy groups -OCH3 is 1. The van der Waals surface area contributed by atoms with Crippen LogP contribution in [0.15, 0.2) is 36.4 Å². The molecule has 0 aliphatic rings. The van der Waals surface area contributed by atoms with E-state index in [-0.39, 0.29) is 0 Å². The van der Waals surface area contributed by atoms with E-state index in [1.165, 1.54) is 0 Å². The molecule has 3 nitrogen and oxygen atoms in total. The lowest BCUT2D eigenvalue weighted by atomic mass is 10.2. The molecular weight excluding hydrogens is 292 g/mol. The zero-order chi connectivity index (χ0) is 14.1. The zero-order valence-electron chi connectivity index (χ0n) is 11.1. The molecule has 0 saturated carbocycles. The van der Waals surface area contributed by atoms with Gasteiger partial charge >= 0.3 is 0 Å². The minimum absolute atomic E-state index is 0.748. The van der Waals surface area contributed by atoms with E-state index in [2.05, 4.69) is 10.3 Å². The Balaban J connectivity index is 1.92. The molecule has 0 saturated heterocycles. The molecule has 1 heterocycles. The van der Waals surface area contributed by atoms with Crippen molar-refractivity contribution in [2.45, 2.75) is 6.92 Å². The van der Waals surface area contributed by atoms with Gasteiger partial charge in [-0.05, 0) is 42.8 Å². The number of aryl methyl sites for hydroxylation is 1. The first-order chi connectivity index (χ1) is 9.65. The molecule has 0 atom stereocenters. The summed E-state index contributed by atoms with van der Waals surface area (Å²) < 4.78 is 6.31. The van der Waals surface area contributed by atoms with Gasteiger partial charge in [-0.15, -0.1) is 0 Å². The second kappa shape index (κ2) is 5.31. The predicted molar refractivity (Wildman–Crippen MR) is 85.6 cm³/mol. The van der Waals surface area contributed by atoms with E-state index in [1.54, 1.807) is 18.4 Å². The number of anilines is 2. The zero-order valence-corrected chi connectivity index (χ0v) is 12.7. The maximum absolute atomic E-state index is 6.12. The lowest BCUT2D eigenvalue weighted by Crippen LogP contribution is -1.89. The average Bonchev–Trinajstić information content (AvgIpc) is 2.84. The monoisotopic (exact) mass is 304 g/mol. The molecule has 20 heavy (non-hydrogen) atoms. The summed E-state index contributed by atoms with van der Waals surface area (Å²) >= 11 is 7.71. The predicted octanol–water partition coefficient (Wildman–Crippen LogP) is 5.01. The van der Waals surface area contributed by atoms with Gasteiger partial charge in [-0.2, -0.15) is 0 Å². The van der Waals surface area contributed by atoms with Gasteiger partial charge in [0.25, 0.3) is 0 Å². The molecule has 3 rings (SSSR count). The number of nitrogens with one attached hydrogen (secondary N) is 1. The first-order valence-electron chi connectivity index (χ1n) is 6.13. The third-order valence-electron chi connectivity index (χ3n) is 3.02. The van der Waals surface area contributed by atoms with E-state index in [0.717, 1.165) is 37.4 Å². The summed E-state index contributed by atoms with van der Waals surface area (Å²) in [4.78, 5) is 4.54. The molecule has 0 radical (unpaired) electrons. The summed E-state index contributed by atoms with van der Waals surface area (Å²) in [6.07, 6.45) is 0. The second-order valence-corrected chi connectivity index (χ2v) is 5.88. The standard InChI is InChI=1S/C15H13ClN2OS/c1-9-3-4-10(7-12(9)16)17-15-18-13-6-5-11(19-2)8-14(13)20-15/h3-8H,1-2H3,(H,17,18). The first kappa shape index (κ1) is 13.2. The number of benzene rings is 2. The van der Waals surface area contributed by atoms with Crippen molar-refractivity contribution in [2.75, 3.05) is 12.4 Å². The van der Waals surface area contributed by atoms with E-state index in [1.807, 2.05) is 43.3 Å². The summed E-state index contributed by atoms with van der Waals surface area (Å²) in [7, 11) is 1.66. The summed E-state index contributed by atoms with van der Waals surface area (Å²) in [6, 6.07) is 11.7. The van der Waals surface area contributed by atoms with Crippen molar-refractivity contribution in [3.8, 4) is 5.75 Å². The number of thiazole rings is 1. The van der Waals surface area contributed by atoms with E-state index in [9.17, 15) is 0 Å². The van der Waals surface area contributed by atoms with Crippen LogP contribution in [0.25, 0.3) is 10.2 Å². The Hall–Kier alpha value is -1.78. The van der Waals surface area contributed by atoms with Crippen LogP contribution < -0.4 is 10.1 Å². The maximum Gasteiger partial charge on any atom is 0.188 e. The summed E-state index contributed by atoms with van der Waals surface area (Å²) in [6.45, 7) is 1.98. The third-order valence-corrected chi connectivity index (χ3v) is 4.36. The van der Waals surface area contributed by atoms with Gasteiger partial charge in [0.15, 0.2) is 5.13 Å². The third kappa shape index (κ3) is 2.57. The molecular formula is C15H13ClN2OS. The molecule has 2 aromatic carbocycles. The molecule has 1 aromatic heterocycles. The number of aromatic nitrogens is 1. The Kier molecular flexibility index (Phi) is 3.51. The lowest BCUT2D eigenvalue weighted by molar-refractivity contribution is 0.415. The van der Waals surface area contributed by atoms with Gasteiger partial charge in [-0.1, -0.05) is 29.0 Å². The molecule has 0 bridgehead atoms. The number of hydrogen-bond acceptors (Lipinski definition) is 4. The Labute approximate surface area is 126 Å². The fourth-order valence-corrected chi connectivity index (χ4v) is 2.97. The average molecular weight is 305 g/mol. The van der Waals surface area contributed by atoms with Crippen LogP contribution in [0.2, 0.25) is 5.02 Å². The van der Waals surface area contributed by atoms with Crippen molar-refractivity contribution >= 4 is 44.0 Å². The van der Waals surface area contributed by atoms with Crippen molar-refractivity contribution in [3.05, 3.63) is 47.0 Å². The van der Waals surface area contributed by atoms with Crippen molar-refractivity contribution in [1.29, 1.82) is 0 Å².